The number of hydrogen-bond donors (Lipinski definition) is 3. The van der Waals surface area contributed by atoms with Gasteiger partial charge in [-0.25, -0.2) is 0 Å². The first-order valence-electron chi connectivity index (χ1n) is 11.6. The lowest BCUT2D eigenvalue weighted by Gasteiger charge is -2.16. The van der Waals surface area contributed by atoms with Crippen LogP contribution in [0.4, 0.5) is 0 Å². The van der Waals surface area contributed by atoms with Crippen LogP contribution in [0.1, 0.15) is 81.3 Å². The Hall–Kier alpha value is -2.73. The summed E-state index contributed by atoms with van der Waals surface area (Å²) in [4.78, 5) is 17.1. The Balaban J connectivity index is 2.24. The molecule has 0 fully saturated rings. The summed E-state index contributed by atoms with van der Waals surface area (Å²) in [5, 5.41) is 21.7. The minimum atomic E-state index is -0.281. The lowest BCUT2D eigenvalue weighted by molar-refractivity contribution is 0.0984. The van der Waals surface area contributed by atoms with Gasteiger partial charge in [-0.3, -0.25) is 14.5 Å². The minimum absolute atomic E-state index is 0.0336. The van der Waals surface area contributed by atoms with Crippen molar-refractivity contribution < 1.29 is 15.0 Å². The van der Waals surface area contributed by atoms with Gasteiger partial charge in [-0.15, -0.1) is 0 Å². The first kappa shape index (κ1) is 26.5. The van der Waals surface area contributed by atoms with Crippen LogP contribution in [0.5, 0.6) is 11.5 Å². The van der Waals surface area contributed by atoms with Gasteiger partial charge in [0.05, 0.1) is 10.5 Å². The number of hydrogen-bond acceptors (Lipinski definition) is 5. The van der Waals surface area contributed by atoms with Crippen molar-refractivity contribution in [3.63, 3.8) is 0 Å². The van der Waals surface area contributed by atoms with Crippen molar-refractivity contribution in [3.05, 3.63) is 70.6 Å². The second-order valence-electron chi connectivity index (χ2n) is 8.52. The minimum Gasteiger partial charge on any atom is -0.508 e. The molecule has 2 aromatic rings. The quantitative estimate of drug-likeness (QED) is 0.179. The second kappa shape index (κ2) is 13.7. The van der Waals surface area contributed by atoms with Crippen molar-refractivity contribution in [2.24, 2.45) is 0 Å². The van der Waals surface area contributed by atoms with Crippen LogP contribution < -0.4 is 4.72 Å². The molecule has 0 aliphatic heterocycles. The molecular weight excluding hydrogens is 432 g/mol. The van der Waals surface area contributed by atoms with Crippen LogP contribution in [-0.4, -0.2) is 21.1 Å². The molecule has 5 nitrogen and oxygen atoms in total. The van der Waals surface area contributed by atoms with Gasteiger partial charge >= 0.3 is 0 Å². The number of carbonyl (C=O) groups excluding carboxylic acids is 1. The van der Waals surface area contributed by atoms with Crippen molar-refractivity contribution in [2.75, 3.05) is 0 Å². The van der Waals surface area contributed by atoms with Crippen molar-refractivity contribution in [3.8, 4) is 11.5 Å². The molecule has 6 heteroatoms. The maximum absolute atomic E-state index is 12.5. The average Bonchev–Trinajstić information content (AvgIpc) is 2.78. The SMILES string of the molecule is CCCCCc1cc(O)c(C/C=C(\C)CCC=C(C)C)c(O)c1SNC(=O)c1cccnc1. The summed E-state index contributed by atoms with van der Waals surface area (Å²) in [7, 11) is 0. The summed E-state index contributed by atoms with van der Waals surface area (Å²) in [5.74, 6) is -0.154. The number of amides is 1. The van der Waals surface area contributed by atoms with Crippen LogP contribution in [0.3, 0.4) is 0 Å². The lowest BCUT2D eigenvalue weighted by atomic mass is 10.00. The molecule has 3 N–H and O–H groups in total. The molecule has 0 saturated carbocycles. The van der Waals surface area contributed by atoms with Crippen molar-refractivity contribution in [2.45, 2.75) is 77.5 Å². The van der Waals surface area contributed by atoms with Gasteiger partial charge in [0, 0.05) is 18.0 Å². The topological polar surface area (TPSA) is 82.5 Å². The fourth-order valence-electron chi connectivity index (χ4n) is 3.41. The van der Waals surface area contributed by atoms with E-state index in [1.165, 1.54) is 17.3 Å². The summed E-state index contributed by atoms with van der Waals surface area (Å²) >= 11 is 1.09. The molecule has 33 heavy (non-hydrogen) atoms. The molecule has 0 unspecified atom stereocenters. The zero-order valence-corrected chi connectivity index (χ0v) is 21.0. The fraction of sp³-hybridized carbons (Fsp3) is 0.407. The third-order valence-corrected chi connectivity index (χ3v) is 6.32. The zero-order chi connectivity index (χ0) is 24.2. The molecule has 0 saturated heterocycles. The maximum Gasteiger partial charge on any atom is 0.262 e. The first-order chi connectivity index (χ1) is 15.8. The monoisotopic (exact) mass is 468 g/mol. The molecular formula is C27H36N2O3S. The highest BCUT2D eigenvalue weighted by Gasteiger charge is 2.19. The van der Waals surface area contributed by atoms with Gasteiger partial charge in [-0.2, -0.15) is 0 Å². The molecule has 0 bridgehead atoms. The number of unbranched alkanes of at least 4 members (excludes halogenated alkanes) is 2. The summed E-state index contributed by atoms with van der Waals surface area (Å²) in [5.41, 5.74) is 4.27. The number of phenols is 2. The van der Waals surface area contributed by atoms with Crippen LogP contribution in [0.25, 0.3) is 0 Å². The number of carbonyl (C=O) groups is 1. The number of nitrogens with one attached hydrogen (secondary N) is 1. The molecule has 0 aliphatic rings. The number of pyridine rings is 1. The average molecular weight is 469 g/mol. The van der Waals surface area contributed by atoms with E-state index in [0.29, 0.717) is 22.4 Å². The number of benzene rings is 1. The van der Waals surface area contributed by atoms with Crippen LogP contribution in [-0.2, 0) is 12.8 Å². The summed E-state index contributed by atoms with van der Waals surface area (Å²) in [6.45, 7) is 8.37. The van der Waals surface area contributed by atoms with E-state index in [9.17, 15) is 15.0 Å². The van der Waals surface area contributed by atoms with Gasteiger partial charge in [0.15, 0.2) is 0 Å². The van der Waals surface area contributed by atoms with Crippen LogP contribution in [0, 0.1) is 0 Å². The van der Waals surface area contributed by atoms with Crippen LogP contribution in [0.15, 0.2) is 58.8 Å². The number of rotatable bonds is 12. The Morgan fingerprint density at radius 1 is 1.18 bits per heavy atom. The van der Waals surface area contributed by atoms with Crippen molar-refractivity contribution >= 4 is 17.9 Å². The number of phenolic OH excluding ortho intramolecular Hbond substituents is 2. The molecule has 0 spiro atoms. The van der Waals surface area contributed by atoms with Gasteiger partial charge in [-0.05, 0) is 88.6 Å². The van der Waals surface area contributed by atoms with Gasteiger partial charge in [-0.1, -0.05) is 43.1 Å². The van der Waals surface area contributed by atoms with Crippen molar-refractivity contribution in [1.29, 1.82) is 0 Å². The highest BCUT2D eigenvalue weighted by Crippen LogP contribution is 2.40. The number of aryl methyl sites for hydroxylation is 1. The van der Waals surface area contributed by atoms with E-state index in [1.54, 1.807) is 24.4 Å². The van der Waals surface area contributed by atoms with Gasteiger partial charge in [0.2, 0.25) is 0 Å². The molecule has 1 amide bonds. The van der Waals surface area contributed by atoms with Crippen molar-refractivity contribution in [1.82, 2.24) is 9.71 Å². The Morgan fingerprint density at radius 3 is 2.64 bits per heavy atom. The standard InChI is InChI=1S/C27H36N2O3S/c1-5-6-7-12-21-17-24(30)23(15-14-20(4)11-8-10-19(2)3)25(31)26(21)33-29-27(32)22-13-9-16-28-18-22/h9-10,13-14,16-18,30-31H,5-8,11-12,15H2,1-4H3,(H,29,32)/b20-14+. The van der Waals surface area contributed by atoms with E-state index in [4.69, 9.17) is 0 Å². The summed E-state index contributed by atoms with van der Waals surface area (Å²) in [6, 6.07) is 5.13. The first-order valence-corrected chi connectivity index (χ1v) is 12.4. The van der Waals surface area contributed by atoms with E-state index in [-0.39, 0.29) is 17.4 Å². The smallest absolute Gasteiger partial charge is 0.262 e. The van der Waals surface area contributed by atoms with E-state index in [1.807, 2.05) is 6.08 Å². The molecule has 2 rings (SSSR count). The van der Waals surface area contributed by atoms with Crippen LogP contribution in [0.2, 0.25) is 0 Å². The zero-order valence-electron chi connectivity index (χ0n) is 20.1. The number of aromatic nitrogens is 1. The predicted octanol–water partition coefficient (Wildman–Crippen LogP) is 6.90. The fourth-order valence-corrected chi connectivity index (χ4v) is 4.24. The molecule has 0 atom stereocenters. The Morgan fingerprint density at radius 2 is 1.97 bits per heavy atom. The third kappa shape index (κ3) is 8.61. The Kier molecular flexibility index (Phi) is 11.0. The Bertz CT molecular complexity index is 981. The van der Waals surface area contributed by atoms with Crippen LogP contribution >= 0.6 is 11.9 Å². The molecule has 1 aromatic carbocycles. The summed E-state index contributed by atoms with van der Waals surface area (Å²) in [6.07, 6.45) is 13.5. The molecule has 0 aliphatic carbocycles. The largest absolute Gasteiger partial charge is 0.508 e. The summed E-state index contributed by atoms with van der Waals surface area (Å²) < 4.78 is 2.81. The maximum atomic E-state index is 12.5. The van der Waals surface area contributed by atoms with E-state index in [2.05, 4.69) is 43.5 Å². The molecule has 178 valence electrons. The molecule has 0 radical (unpaired) electrons. The van der Waals surface area contributed by atoms with Gasteiger partial charge in [0.1, 0.15) is 11.5 Å². The molecule has 1 aromatic heterocycles. The highest BCUT2D eigenvalue weighted by atomic mass is 32.2. The van der Waals surface area contributed by atoms with E-state index < -0.39 is 0 Å². The molecule has 1 heterocycles. The van der Waals surface area contributed by atoms with E-state index >= 15 is 0 Å². The Labute approximate surface area is 202 Å². The normalized spacial score (nSPS) is 11.3. The van der Waals surface area contributed by atoms with E-state index in [0.717, 1.165) is 56.0 Å². The van der Waals surface area contributed by atoms with Gasteiger partial charge < -0.3 is 10.2 Å². The predicted molar refractivity (Wildman–Crippen MR) is 137 cm³/mol. The van der Waals surface area contributed by atoms with Gasteiger partial charge in [0.25, 0.3) is 5.91 Å². The number of nitrogens with zero attached hydrogens (tertiary/aromatic N) is 1. The second-order valence-corrected chi connectivity index (χ2v) is 9.33. The third-order valence-electron chi connectivity index (χ3n) is 5.38. The lowest BCUT2D eigenvalue weighted by Crippen LogP contribution is -2.16. The highest BCUT2D eigenvalue weighted by molar-refractivity contribution is 7.98. The number of allylic oxidation sites excluding steroid dienone is 4. The number of aromatic hydroxyl groups is 2.